The maximum Gasteiger partial charge on any atom is 0.311 e. The smallest absolute Gasteiger partial charge is 0.311 e. The summed E-state index contributed by atoms with van der Waals surface area (Å²) in [6.45, 7) is 0.255. The number of rotatable bonds is 5. The van der Waals surface area contributed by atoms with Crippen LogP contribution >= 0.6 is 11.6 Å². The number of nitro groups is 1. The highest BCUT2D eigenvalue weighted by Gasteiger charge is 2.15. The van der Waals surface area contributed by atoms with E-state index in [0.29, 0.717) is 0 Å². The Bertz CT molecular complexity index is 464. The third-order valence-electron chi connectivity index (χ3n) is 2.17. The van der Waals surface area contributed by atoms with Crippen LogP contribution < -0.4 is 5.32 Å². The van der Waals surface area contributed by atoms with Crippen molar-refractivity contribution in [2.45, 2.75) is 6.42 Å². The molecule has 0 aliphatic rings. The van der Waals surface area contributed by atoms with Crippen molar-refractivity contribution in [1.82, 2.24) is 9.88 Å². The highest BCUT2D eigenvalue weighted by Crippen LogP contribution is 2.23. The van der Waals surface area contributed by atoms with Crippen molar-refractivity contribution >= 4 is 29.0 Å². The number of pyridine rings is 1. The summed E-state index contributed by atoms with van der Waals surface area (Å²) in [5.41, 5.74) is -0.170. The van der Waals surface area contributed by atoms with E-state index in [1.54, 1.807) is 14.1 Å². The van der Waals surface area contributed by atoms with Crippen LogP contribution in [0.3, 0.4) is 0 Å². The van der Waals surface area contributed by atoms with Gasteiger partial charge in [-0.25, -0.2) is 4.98 Å². The minimum Gasteiger partial charge on any atom is -0.364 e. The van der Waals surface area contributed by atoms with Gasteiger partial charge in [-0.2, -0.15) is 0 Å². The lowest BCUT2D eigenvalue weighted by Crippen LogP contribution is -2.24. The van der Waals surface area contributed by atoms with E-state index in [2.05, 4.69) is 10.3 Å². The van der Waals surface area contributed by atoms with E-state index in [1.165, 1.54) is 17.0 Å². The molecule has 1 heterocycles. The molecule has 0 saturated carbocycles. The molecule has 0 radical (unpaired) electrons. The Morgan fingerprint density at radius 3 is 2.78 bits per heavy atom. The quantitative estimate of drug-likeness (QED) is 0.499. The van der Waals surface area contributed by atoms with Crippen molar-refractivity contribution in [3.63, 3.8) is 0 Å². The zero-order chi connectivity index (χ0) is 13.7. The van der Waals surface area contributed by atoms with Crippen molar-refractivity contribution in [2.24, 2.45) is 0 Å². The molecule has 1 rings (SSSR count). The molecule has 1 aromatic heterocycles. The van der Waals surface area contributed by atoms with E-state index < -0.39 is 4.92 Å². The zero-order valence-electron chi connectivity index (χ0n) is 10.0. The number of halogens is 1. The summed E-state index contributed by atoms with van der Waals surface area (Å²) in [5.74, 6) is -0.00811. The molecule has 0 spiro atoms. The first-order valence-corrected chi connectivity index (χ1v) is 5.54. The second-order valence-electron chi connectivity index (χ2n) is 3.72. The standard InChI is InChI=1S/C10H13ClN4O3/c1-14(2)9(16)5-6-12-10-7(15(17)18)3-4-8(11)13-10/h3-4H,5-6H2,1-2H3,(H,12,13). The van der Waals surface area contributed by atoms with Crippen molar-refractivity contribution in [1.29, 1.82) is 0 Å². The summed E-state index contributed by atoms with van der Waals surface area (Å²) in [7, 11) is 3.28. The minimum atomic E-state index is -0.556. The number of nitrogens with zero attached hydrogens (tertiary/aromatic N) is 3. The van der Waals surface area contributed by atoms with Crippen LogP contribution in [0.25, 0.3) is 0 Å². The number of carbonyl (C=O) groups is 1. The lowest BCUT2D eigenvalue weighted by molar-refractivity contribution is -0.384. The van der Waals surface area contributed by atoms with Gasteiger partial charge in [-0.1, -0.05) is 11.6 Å². The molecule has 0 aliphatic heterocycles. The predicted octanol–water partition coefficient (Wildman–Crippen LogP) is 1.53. The van der Waals surface area contributed by atoms with Gasteiger partial charge in [-0.3, -0.25) is 14.9 Å². The number of nitrogens with one attached hydrogen (secondary N) is 1. The monoisotopic (exact) mass is 272 g/mol. The van der Waals surface area contributed by atoms with Crippen molar-refractivity contribution in [2.75, 3.05) is 26.0 Å². The number of carbonyl (C=O) groups excluding carboxylic acids is 1. The van der Waals surface area contributed by atoms with Crippen LogP contribution in [0.4, 0.5) is 11.5 Å². The summed E-state index contributed by atoms with van der Waals surface area (Å²) in [6, 6.07) is 2.61. The van der Waals surface area contributed by atoms with Crippen LogP contribution in [0, 0.1) is 10.1 Å². The minimum absolute atomic E-state index is 0.0686. The fourth-order valence-electron chi connectivity index (χ4n) is 1.22. The Kier molecular flexibility index (Phi) is 4.85. The highest BCUT2D eigenvalue weighted by atomic mass is 35.5. The van der Waals surface area contributed by atoms with Gasteiger partial charge in [0.1, 0.15) is 5.15 Å². The highest BCUT2D eigenvalue weighted by molar-refractivity contribution is 6.29. The van der Waals surface area contributed by atoms with Crippen molar-refractivity contribution in [3.8, 4) is 0 Å². The molecule has 0 aromatic carbocycles. The molecule has 98 valence electrons. The molecular formula is C10H13ClN4O3. The summed E-state index contributed by atoms with van der Waals surface area (Å²) in [4.78, 5) is 26.8. The lowest BCUT2D eigenvalue weighted by Gasteiger charge is -2.10. The van der Waals surface area contributed by atoms with E-state index in [9.17, 15) is 14.9 Å². The number of amides is 1. The van der Waals surface area contributed by atoms with Gasteiger partial charge < -0.3 is 10.2 Å². The van der Waals surface area contributed by atoms with Gasteiger partial charge in [0, 0.05) is 33.1 Å². The predicted molar refractivity (Wildman–Crippen MR) is 67.7 cm³/mol. The first-order valence-electron chi connectivity index (χ1n) is 5.16. The molecule has 0 atom stereocenters. The van der Waals surface area contributed by atoms with Gasteiger partial charge in [-0.05, 0) is 6.07 Å². The molecule has 0 unspecified atom stereocenters. The van der Waals surface area contributed by atoms with E-state index in [4.69, 9.17) is 11.6 Å². The van der Waals surface area contributed by atoms with Crippen molar-refractivity contribution < 1.29 is 9.72 Å². The van der Waals surface area contributed by atoms with Crippen LogP contribution in [0.2, 0.25) is 5.15 Å². The molecule has 1 N–H and O–H groups in total. The molecule has 0 fully saturated rings. The first kappa shape index (κ1) is 14.2. The summed E-state index contributed by atoms with van der Waals surface area (Å²) < 4.78 is 0. The molecule has 7 nitrogen and oxygen atoms in total. The average molecular weight is 273 g/mol. The van der Waals surface area contributed by atoms with Gasteiger partial charge in [0.05, 0.1) is 4.92 Å². The fraction of sp³-hybridized carbons (Fsp3) is 0.400. The molecule has 8 heteroatoms. The second kappa shape index (κ2) is 6.15. The van der Waals surface area contributed by atoms with Crippen LogP contribution in [-0.2, 0) is 4.79 Å². The number of hydrogen-bond acceptors (Lipinski definition) is 5. The third kappa shape index (κ3) is 3.85. The fourth-order valence-corrected chi connectivity index (χ4v) is 1.36. The molecule has 1 amide bonds. The molecule has 1 aromatic rings. The van der Waals surface area contributed by atoms with Gasteiger partial charge in [-0.15, -0.1) is 0 Å². The third-order valence-corrected chi connectivity index (χ3v) is 2.38. The van der Waals surface area contributed by atoms with Crippen LogP contribution in [-0.4, -0.2) is 41.4 Å². The second-order valence-corrected chi connectivity index (χ2v) is 4.11. The zero-order valence-corrected chi connectivity index (χ0v) is 10.8. The maximum absolute atomic E-state index is 11.3. The normalized spacial score (nSPS) is 9.94. The Hall–Kier alpha value is -1.89. The molecule has 0 saturated heterocycles. The van der Waals surface area contributed by atoms with Gasteiger partial charge in [0.25, 0.3) is 0 Å². The summed E-state index contributed by atoms with van der Waals surface area (Å²) >= 11 is 5.66. The molecule has 0 aliphatic carbocycles. The van der Waals surface area contributed by atoms with E-state index in [-0.39, 0.29) is 35.5 Å². The van der Waals surface area contributed by atoms with Gasteiger partial charge in [0.2, 0.25) is 11.7 Å². The average Bonchev–Trinajstić information content (AvgIpc) is 2.28. The van der Waals surface area contributed by atoms with Crippen molar-refractivity contribution in [3.05, 3.63) is 27.4 Å². The topological polar surface area (TPSA) is 88.4 Å². The molecule has 18 heavy (non-hydrogen) atoms. The lowest BCUT2D eigenvalue weighted by atomic mass is 10.3. The van der Waals surface area contributed by atoms with E-state index in [0.717, 1.165) is 0 Å². The van der Waals surface area contributed by atoms with Crippen LogP contribution in [0.5, 0.6) is 0 Å². The number of aromatic nitrogens is 1. The Morgan fingerprint density at radius 1 is 1.56 bits per heavy atom. The Morgan fingerprint density at radius 2 is 2.22 bits per heavy atom. The maximum atomic E-state index is 11.3. The Labute approximate surface area is 109 Å². The van der Waals surface area contributed by atoms with Gasteiger partial charge in [0.15, 0.2) is 0 Å². The SMILES string of the molecule is CN(C)C(=O)CCNc1nc(Cl)ccc1[N+](=O)[O-]. The molecule has 0 bridgehead atoms. The van der Waals surface area contributed by atoms with Crippen LogP contribution in [0.15, 0.2) is 12.1 Å². The van der Waals surface area contributed by atoms with E-state index >= 15 is 0 Å². The number of hydrogen-bond donors (Lipinski definition) is 1. The van der Waals surface area contributed by atoms with Crippen LogP contribution in [0.1, 0.15) is 6.42 Å². The summed E-state index contributed by atoms with van der Waals surface area (Å²) in [6.07, 6.45) is 0.221. The largest absolute Gasteiger partial charge is 0.364 e. The van der Waals surface area contributed by atoms with Gasteiger partial charge >= 0.3 is 5.69 Å². The summed E-state index contributed by atoms with van der Waals surface area (Å²) in [5, 5.41) is 13.6. The molecular weight excluding hydrogens is 260 g/mol. The number of anilines is 1. The first-order chi connectivity index (χ1) is 8.41. The Balaban J connectivity index is 2.69. The van der Waals surface area contributed by atoms with E-state index in [1.807, 2.05) is 0 Å².